The van der Waals surface area contributed by atoms with Gasteiger partial charge in [-0.25, -0.2) is 0 Å². The Bertz CT molecular complexity index is 424. The molecular weight excluding hydrogens is 298 g/mol. The van der Waals surface area contributed by atoms with Crippen LogP contribution in [0.15, 0.2) is 22.7 Å². The Morgan fingerprint density at radius 2 is 2.24 bits per heavy atom. The summed E-state index contributed by atoms with van der Waals surface area (Å²) in [7, 11) is 0. The number of thioether (sulfide) groups is 1. The number of hydrogen-bond donors (Lipinski definition) is 0. The van der Waals surface area contributed by atoms with Crippen molar-refractivity contribution in [1.82, 2.24) is 0 Å². The molecule has 2 atom stereocenters. The highest BCUT2D eigenvalue weighted by Gasteiger charge is 2.26. The minimum Gasteiger partial charge on any atom is -0.366 e. The second-order valence-electron chi connectivity index (χ2n) is 4.33. The Balaban J connectivity index is 2.35. The predicted molar refractivity (Wildman–Crippen MR) is 78.3 cm³/mol. The van der Waals surface area contributed by atoms with Crippen molar-refractivity contribution in [1.29, 1.82) is 0 Å². The van der Waals surface area contributed by atoms with Crippen molar-refractivity contribution in [3.63, 3.8) is 0 Å². The van der Waals surface area contributed by atoms with Gasteiger partial charge >= 0.3 is 0 Å². The van der Waals surface area contributed by atoms with Crippen LogP contribution in [-0.2, 0) is 0 Å². The zero-order valence-corrected chi connectivity index (χ0v) is 12.4. The van der Waals surface area contributed by atoms with E-state index in [1.54, 1.807) is 0 Å². The molecule has 1 aliphatic rings. The van der Waals surface area contributed by atoms with E-state index in [2.05, 4.69) is 34.7 Å². The minimum atomic E-state index is 0.466. The van der Waals surface area contributed by atoms with Gasteiger partial charge in [-0.1, -0.05) is 22.9 Å². The summed E-state index contributed by atoms with van der Waals surface area (Å²) < 4.78 is 0.954. The van der Waals surface area contributed by atoms with Gasteiger partial charge in [0, 0.05) is 39.3 Å². The van der Waals surface area contributed by atoms with Crippen molar-refractivity contribution >= 4 is 39.7 Å². The van der Waals surface area contributed by atoms with E-state index in [0.717, 1.165) is 34.3 Å². The van der Waals surface area contributed by atoms with Crippen LogP contribution in [0.25, 0.3) is 0 Å². The number of aldehydes is 1. The summed E-state index contributed by atoms with van der Waals surface area (Å²) in [6.07, 6.45) is 0.944. The molecule has 0 spiro atoms. The van der Waals surface area contributed by atoms with Crippen LogP contribution in [0.2, 0.25) is 0 Å². The maximum absolute atomic E-state index is 11.2. The summed E-state index contributed by atoms with van der Waals surface area (Å²) in [6.45, 7) is 5.49. The molecule has 0 radical (unpaired) electrons. The highest BCUT2D eigenvalue weighted by molar-refractivity contribution is 9.10. The summed E-state index contributed by atoms with van der Waals surface area (Å²) in [4.78, 5) is 13.5. The number of benzene rings is 1. The molecule has 1 aliphatic heterocycles. The first-order valence-electron chi connectivity index (χ1n) is 5.76. The maximum Gasteiger partial charge on any atom is 0.152 e. The molecule has 0 aromatic heterocycles. The lowest BCUT2D eigenvalue weighted by Gasteiger charge is -2.39. The standard InChI is InChI=1S/C13H16BrNOS/c1-9-10(2)17-6-5-15(9)13-4-3-12(14)7-11(13)8-16/h3-4,7-10H,5-6H2,1-2H3. The first kappa shape index (κ1) is 13.0. The molecule has 0 N–H and O–H groups in total. The molecule has 2 nitrogen and oxygen atoms in total. The van der Waals surface area contributed by atoms with E-state index in [1.165, 1.54) is 0 Å². The van der Waals surface area contributed by atoms with Crippen LogP contribution in [0.1, 0.15) is 24.2 Å². The number of hydrogen-bond acceptors (Lipinski definition) is 3. The van der Waals surface area contributed by atoms with Gasteiger partial charge < -0.3 is 4.90 Å². The normalized spacial score (nSPS) is 24.8. The van der Waals surface area contributed by atoms with Crippen LogP contribution in [0.3, 0.4) is 0 Å². The Hall–Kier alpha value is -0.480. The Labute approximate surface area is 115 Å². The van der Waals surface area contributed by atoms with Crippen LogP contribution in [0.4, 0.5) is 5.69 Å². The van der Waals surface area contributed by atoms with E-state index in [1.807, 2.05) is 30.0 Å². The smallest absolute Gasteiger partial charge is 0.152 e. The van der Waals surface area contributed by atoms with E-state index >= 15 is 0 Å². The van der Waals surface area contributed by atoms with Crippen molar-refractivity contribution in [3.05, 3.63) is 28.2 Å². The highest BCUT2D eigenvalue weighted by atomic mass is 79.9. The predicted octanol–water partition coefficient (Wildman–Crippen LogP) is 3.59. The number of anilines is 1. The molecule has 2 rings (SSSR count). The molecule has 0 bridgehead atoms. The molecular formula is C13H16BrNOS. The van der Waals surface area contributed by atoms with Gasteiger partial charge in [0.2, 0.25) is 0 Å². The molecule has 1 aromatic carbocycles. The highest BCUT2D eigenvalue weighted by Crippen LogP contribution is 2.31. The first-order chi connectivity index (χ1) is 8.13. The molecule has 0 saturated carbocycles. The topological polar surface area (TPSA) is 20.3 Å². The number of rotatable bonds is 2. The van der Waals surface area contributed by atoms with Crippen LogP contribution in [0.5, 0.6) is 0 Å². The summed E-state index contributed by atoms with van der Waals surface area (Å²) >= 11 is 5.41. The molecule has 1 heterocycles. The van der Waals surface area contributed by atoms with Gasteiger partial charge in [0.1, 0.15) is 0 Å². The molecule has 0 amide bonds. The molecule has 92 valence electrons. The third kappa shape index (κ3) is 2.68. The van der Waals surface area contributed by atoms with Gasteiger partial charge in [0.05, 0.1) is 0 Å². The first-order valence-corrected chi connectivity index (χ1v) is 7.60. The fourth-order valence-corrected chi connectivity index (χ4v) is 3.63. The van der Waals surface area contributed by atoms with Crippen molar-refractivity contribution < 1.29 is 4.79 Å². The Morgan fingerprint density at radius 3 is 2.94 bits per heavy atom. The lowest BCUT2D eigenvalue weighted by atomic mass is 10.1. The van der Waals surface area contributed by atoms with Gasteiger partial charge in [-0.05, 0) is 25.1 Å². The number of carbonyl (C=O) groups is 1. The lowest BCUT2D eigenvalue weighted by molar-refractivity contribution is 0.112. The number of nitrogens with zero attached hydrogens (tertiary/aromatic N) is 1. The second-order valence-corrected chi connectivity index (χ2v) is 6.73. The molecule has 1 saturated heterocycles. The van der Waals surface area contributed by atoms with Crippen LogP contribution in [-0.4, -0.2) is 29.9 Å². The van der Waals surface area contributed by atoms with Gasteiger partial charge in [-0.2, -0.15) is 11.8 Å². The Kier molecular flexibility index (Phi) is 4.15. The fourth-order valence-electron chi connectivity index (χ4n) is 2.15. The van der Waals surface area contributed by atoms with Gasteiger partial charge in [0.15, 0.2) is 6.29 Å². The van der Waals surface area contributed by atoms with Crippen LogP contribution < -0.4 is 4.90 Å². The molecule has 0 aliphatic carbocycles. The minimum absolute atomic E-state index is 0.466. The largest absolute Gasteiger partial charge is 0.366 e. The SMILES string of the molecule is CC1SCCN(c2ccc(Br)cc2C=O)C1C. The Morgan fingerprint density at radius 1 is 1.47 bits per heavy atom. The summed E-state index contributed by atoms with van der Waals surface area (Å²) in [5.41, 5.74) is 1.83. The van der Waals surface area contributed by atoms with Crippen LogP contribution in [0, 0.1) is 0 Å². The van der Waals surface area contributed by atoms with Crippen molar-refractivity contribution in [2.45, 2.75) is 25.1 Å². The zero-order valence-electron chi connectivity index (χ0n) is 10.0. The van der Waals surface area contributed by atoms with E-state index in [9.17, 15) is 4.79 Å². The van der Waals surface area contributed by atoms with Gasteiger partial charge in [0.25, 0.3) is 0 Å². The van der Waals surface area contributed by atoms with Crippen molar-refractivity contribution in [2.24, 2.45) is 0 Å². The average molecular weight is 314 g/mol. The van der Waals surface area contributed by atoms with Crippen molar-refractivity contribution in [3.8, 4) is 0 Å². The number of carbonyl (C=O) groups excluding carboxylic acids is 1. The lowest BCUT2D eigenvalue weighted by Crippen LogP contribution is -2.45. The third-order valence-electron chi connectivity index (χ3n) is 3.31. The van der Waals surface area contributed by atoms with E-state index in [-0.39, 0.29) is 0 Å². The summed E-state index contributed by atoms with van der Waals surface area (Å²) in [5, 5.41) is 0.604. The quantitative estimate of drug-likeness (QED) is 0.778. The fraction of sp³-hybridized carbons (Fsp3) is 0.462. The van der Waals surface area contributed by atoms with E-state index in [4.69, 9.17) is 0 Å². The maximum atomic E-state index is 11.2. The average Bonchev–Trinajstić information content (AvgIpc) is 2.33. The van der Waals surface area contributed by atoms with Crippen molar-refractivity contribution in [2.75, 3.05) is 17.2 Å². The molecule has 2 unspecified atom stereocenters. The molecule has 4 heteroatoms. The monoisotopic (exact) mass is 313 g/mol. The summed E-state index contributed by atoms with van der Waals surface area (Å²) in [5.74, 6) is 1.12. The zero-order chi connectivity index (χ0) is 12.4. The molecule has 17 heavy (non-hydrogen) atoms. The third-order valence-corrected chi connectivity index (χ3v) is 5.14. The summed E-state index contributed by atoms with van der Waals surface area (Å²) in [6, 6.07) is 6.39. The van der Waals surface area contributed by atoms with Crippen LogP contribution >= 0.6 is 27.7 Å². The van der Waals surface area contributed by atoms with Gasteiger partial charge in [-0.15, -0.1) is 0 Å². The molecule has 1 aromatic rings. The molecule has 1 fully saturated rings. The second kappa shape index (κ2) is 5.44. The number of halogens is 1. The van der Waals surface area contributed by atoms with Gasteiger partial charge in [-0.3, -0.25) is 4.79 Å². The van der Waals surface area contributed by atoms with E-state index < -0.39 is 0 Å². The van der Waals surface area contributed by atoms with E-state index in [0.29, 0.717) is 11.3 Å².